The van der Waals surface area contributed by atoms with Crippen molar-refractivity contribution in [3.05, 3.63) is 35.1 Å². The number of carbonyl (C=O) groups is 2. The number of nitrogens with two attached hydrogens (primary N) is 1. The van der Waals surface area contributed by atoms with Crippen LogP contribution in [-0.4, -0.2) is 24.9 Å². The van der Waals surface area contributed by atoms with Crippen LogP contribution in [0.4, 0.5) is 4.39 Å². The van der Waals surface area contributed by atoms with Gasteiger partial charge < -0.3 is 10.5 Å². The Bertz CT molecular complexity index is 445. The van der Waals surface area contributed by atoms with Gasteiger partial charge in [0.1, 0.15) is 5.82 Å². The molecule has 0 radical (unpaired) electrons. The summed E-state index contributed by atoms with van der Waals surface area (Å²) in [6.45, 7) is 1.55. The maximum Gasteiger partial charge on any atom is 0.307 e. The largest absolute Gasteiger partial charge is 0.469 e. The van der Waals surface area contributed by atoms with E-state index in [1.54, 1.807) is 6.92 Å². The molecule has 0 amide bonds. The van der Waals surface area contributed by atoms with Crippen molar-refractivity contribution in [2.45, 2.75) is 19.4 Å². The Morgan fingerprint density at radius 2 is 2.12 bits per heavy atom. The van der Waals surface area contributed by atoms with Crippen LogP contribution < -0.4 is 5.73 Å². The normalized spacial score (nSPS) is 12.0. The van der Waals surface area contributed by atoms with Crippen molar-refractivity contribution < 1.29 is 18.7 Å². The number of hydrogen-bond acceptors (Lipinski definition) is 4. The molecule has 1 rings (SSSR count). The molecule has 0 aliphatic carbocycles. The highest BCUT2D eigenvalue weighted by Gasteiger charge is 2.19. The number of halogens is 1. The number of Topliss-reactive ketones (excluding diaryl/α,β-unsaturated/α-hetero) is 1. The van der Waals surface area contributed by atoms with E-state index in [0.29, 0.717) is 11.1 Å². The summed E-state index contributed by atoms with van der Waals surface area (Å²) in [4.78, 5) is 22.8. The first kappa shape index (κ1) is 13.3. The fraction of sp³-hybridized carbons (Fsp3) is 0.333. The van der Waals surface area contributed by atoms with Gasteiger partial charge in [0.05, 0.1) is 19.6 Å². The Labute approximate surface area is 98.6 Å². The van der Waals surface area contributed by atoms with Crippen LogP contribution in [0.15, 0.2) is 18.2 Å². The summed E-state index contributed by atoms with van der Waals surface area (Å²) in [6, 6.07) is 3.00. The Morgan fingerprint density at radius 3 is 2.65 bits per heavy atom. The lowest BCUT2D eigenvalue weighted by molar-refractivity contribution is -0.140. The molecule has 0 fully saturated rings. The zero-order valence-electron chi connectivity index (χ0n) is 9.70. The fourth-order valence-corrected chi connectivity index (χ4v) is 1.37. The van der Waals surface area contributed by atoms with E-state index in [-0.39, 0.29) is 12.2 Å². The predicted molar refractivity (Wildman–Crippen MR) is 60.1 cm³/mol. The van der Waals surface area contributed by atoms with Crippen LogP contribution in [0.3, 0.4) is 0 Å². The molecule has 5 heteroatoms. The molecule has 4 nitrogen and oxygen atoms in total. The quantitative estimate of drug-likeness (QED) is 0.633. The van der Waals surface area contributed by atoms with Gasteiger partial charge in [0.15, 0.2) is 5.78 Å². The number of hydrogen-bond donors (Lipinski definition) is 1. The topological polar surface area (TPSA) is 69.4 Å². The minimum absolute atomic E-state index is 0.189. The number of aryl methyl sites for hydroxylation is 1. The standard InChI is InChI=1S/C12H14FNO3/c1-7-5-8(3-4-9(7)13)12(16)10(14)6-11(15)17-2/h3-5,10H,6,14H2,1-2H3. The smallest absolute Gasteiger partial charge is 0.307 e. The molecule has 1 aromatic carbocycles. The molecule has 0 heterocycles. The molecule has 0 saturated carbocycles. The lowest BCUT2D eigenvalue weighted by atomic mass is 10.0. The van der Waals surface area contributed by atoms with Gasteiger partial charge in [0, 0.05) is 5.56 Å². The van der Waals surface area contributed by atoms with Crippen LogP contribution in [0, 0.1) is 12.7 Å². The van der Waals surface area contributed by atoms with E-state index in [2.05, 4.69) is 4.74 Å². The molecule has 0 bridgehead atoms. The average molecular weight is 239 g/mol. The van der Waals surface area contributed by atoms with Crippen molar-refractivity contribution in [2.75, 3.05) is 7.11 Å². The number of ketones is 1. The maximum absolute atomic E-state index is 13.0. The van der Waals surface area contributed by atoms with Gasteiger partial charge in [-0.05, 0) is 30.7 Å². The third-order valence-corrected chi connectivity index (χ3v) is 2.39. The van der Waals surface area contributed by atoms with Crippen molar-refractivity contribution in [3.63, 3.8) is 0 Å². The average Bonchev–Trinajstić information content (AvgIpc) is 2.31. The summed E-state index contributed by atoms with van der Waals surface area (Å²) in [7, 11) is 1.22. The highest BCUT2D eigenvalue weighted by atomic mass is 19.1. The van der Waals surface area contributed by atoms with Gasteiger partial charge in [0.2, 0.25) is 0 Å². The monoisotopic (exact) mass is 239 g/mol. The van der Waals surface area contributed by atoms with Gasteiger partial charge in [-0.3, -0.25) is 9.59 Å². The molecule has 2 N–H and O–H groups in total. The number of rotatable bonds is 4. The summed E-state index contributed by atoms with van der Waals surface area (Å²) >= 11 is 0. The van der Waals surface area contributed by atoms with Crippen molar-refractivity contribution in [3.8, 4) is 0 Å². The van der Waals surface area contributed by atoms with Gasteiger partial charge >= 0.3 is 5.97 Å². The minimum Gasteiger partial charge on any atom is -0.469 e. The van der Waals surface area contributed by atoms with Crippen LogP contribution in [-0.2, 0) is 9.53 Å². The first-order valence-corrected chi connectivity index (χ1v) is 5.08. The number of methoxy groups -OCH3 is 1. The van der Waals surface area contributed by atoms with E-state index in [9.17, 15) is 14.0 Å². The van der Waals surface area contributed by atoms with Gasteiger partial charge in [-0.25, -0.2) is 4.39 Å². The van der Waals surface area contributed by atoms with E-state index >= 15 is 0 Å². The Balaban J connectivity index is 2.81. The van der Waals surface area contributed by atoms with Crippen molar-refractivity contribution >= 4 is 11.8 Å². The van der Waals surface area contributed by atoms with E-state index in [1.807, 2.05) is 0 Å². The molecule has 0 aliphatic heterocycles. The molecule has 0 aromatic heterocycles. The van der Waals surface area contributed by atoms with Gasteiger partial charge in [-0.2, -0.15) is 0 Å². The Kier molecular flexibility index (Phi) is 4.34. The maximum atomic E-state index is 13.0. The molecular formula is C12H14FNO3. The fourth-order valence-electron chi connectivity index (χ4n) is 1.37. The van der Waals surface area contributed by atoms with Crippen LogP contribution in [0.1, 0.15) is 22.3 Å². The van der Waals surface area contributed by atoms with Crippen LogP contribution >= 0.6 is 0 Å². The lowest BCUT2D eigenvalue weighted by Crippen LogP contribution is -2.33. The number of esters is 1. The Hall–Kier alpha value is -1.75. The van der Waals surface area contributed by atoms with E-state index in [0.717, 1.165) is 0 Å². The molecular weight excluding hydrogens is 225 g/mol. The molecule has 17 heavy (non-hydrogen) atoms. The minimum atomic E-state index is -0.965. The zero-order valence-corrected chi connectivity index (χ0v) is 9.70. The highest BCUT2D eigenvalue weighted by Crippen LogP contribution is 2.11. The van der Waals surface area contributed by atoms with E-state index < -0.39 is 17.8 Å². The molecule has 1 unspecified atom stereocenters. The summed E-state index contributed by atoms with van der Waals surface area (Å²) < 4.78 is 17.4. The number of benzene rings is 1. The molecule has 92 valence electrons. The number of carbonyl (C=O) groups excluding carboxylic acids is 2. The van der Waals surface area contributed by atoms with Gasteiger partial charge in [-0.1, -0.05) is 0 Å². The summed E-state index contributed by atoms with van der Waals surface area (Å²) in [5.41, 5.74) is 6.22. The summed E-state index contributed by atoms with van der Waals surface area (Å²) in [5.74, 6) is -1.34. The van der Waals surface area contributed by atoms with Gasteiger partial charge in [-0.15, -0.1) is 0 Å². The summed E-state index contributed by atoms with van der Waals surface area (Å²) in [5, 5.41) is 0. The van der Waals surface area contributed by atoms with Gasteiger partial charge in [0.25, 0.3) is 0 Å². The van der Waals surface area contributed by atoms with E-state index in [4.69, 9.17) is 5.73 Å². The highest BCUT2D eigenvalue weighted by molar-refractivity contribution is 6.01. The third kappa shape index (κ3) is 3.35. The SMILES string of the molecule is COC(=O)CC(N)C(=O)c1ccc(F)c(C)c1. The van der Waals surface area contributed by atoms with Crippen LogP contribution in [0.5, 0.6) is 0 Å². The van der Waals surface area contributed by atoms with Crippen molar-refractivity contribution in [2.24, 2.45) is 5.73 Å². The molecule has 1 atom stereocenters. The molecule has 0 aliphatic rings. The number of ether oxygens (including phenoxy) is 1. The Morgan fingerprint density at radius 1 is 1.47 bits per heavy atom. The second-order valence-corrected chi connectivity index (χ2v) is 3.71. The van der Waals surface area contributed by atoms with Crippen LogP contribution in [0.2, 0.25) is 0 Å². The zero-order chi connectivity index (χ0) is 13.0. The molecule has 1 aromatic rings. The third-order valence-electron chi connectivity index (χ3n) is 2.39. The van der Waals surface area contributed by atoms with Crippen molar-refractivity contribution in [1.82, 2.24) is 0 Å². The lowest BCUT2D eigenvalue weighted by Gasteiger charge is -2.09. The molecule has 0 spiro atoms. The van der Waals surface area contributed by atoms with E-state index in [1.165, 1.54) is 25.3 Å². The predicted octanol–water partition coefficient (Wildman–Crippen LogP) is 1.21. The first-order chi connectivity index (χ1) is 7.95. The second-order valence-electron chi connectivity index (χ2n) is 3.71. The molecule has 0 saturated heterocycles. The van der Waals surface area contributed by atoms with Crippen molar-refractivity contribution in [1.29, 1.82) is 0 Å². The first-order valence-electron chi connectivity index (χ1n) is 5.08. The second kappa shape index (κ2) is 5.54. The summed E-state index contributed by atoms with van der Waals surface area (Å²) in [6.07, 6.45) is -0.189. The van der Waals surface area contributed by atoms with Crippen LogP contribution in [0.25, 0.3) is 0 Å².